The van der Waals surface area contributed by atoms with Crippen LogP contribution in [-0.2, 0) is 0 Å². The van der Waals surface area contributed by atoms with Crippen molar-refractivity contribution >= 4 is 5.95 Å². The van der Waals surface area contributed by atoms with E-state index in [1.807, 2.05) is 24.4 Å². The molecule has 2 heterocycles. The summed E-state index contributed by atoms with van der Waals surface area (Å²) in [6.45, 7) is 0. The number of hydrogen-bond acceptors (Lipinski definition) is 5. The fraction of sp³-hybridized carbons (Fsp3) is 0.0909. The molecule has 0 unspecified atom stereocenters. The van der Waals surface area contributed by atoms with Crippen LogP contribution in [-0.4, -0.2) is 22.0 Å². The lowest BCUT2D eigenvalue weighted by molar-refractivity contribution is 1.04. The highest BCUT2D eigenvalue weighted by molar-refractivity contribution is 5.57. The molecule has 16 heavy (non-hydrogen) atoms. The second-order valence-electron chi connectivity index (χ2n) is 3.15. The Morgan fingerprint density at radius 3 is 2.50 bits per heavy atom. The van der Waals surface area contributed by atoms with Gasteiger partial charge in [-0.1, -0.05) is 6.07 Å². The minimum atomic E-state index is 0.377. The molecule has 0 radical (unpaired) electrons. The molecule has 2 aromatic rings. The van der Waals surface area contributed by atoms with Crippen LogP contribution >= 0.6 is 0 Å². The fourth-order valence-electron chi connectivity index (χ4n) is 1.20. The summed E-state index contributed by atoms with van der Waals surface area (Å²) in [6, 6.07) is 5.63. The molecule has 0 fully saturated rings. The van der Waals surface area contributed by atoms with Gasteiger partial charge in [0.1, 0.15) is 0 Å². The van der Waals surface area contributed by atoms with E-state index in [9.17, 15) is 0 Å². The fourth-order valence-corrected chi connectivity index (χ4v) is 1.20. The lowest BCUT2D eigenvalue weighted by Crippen LogP contribution is -2.11. The largest absolute Gasteiger partial charge is 0.256 e. The molecule has 5 nitrogen and oxygen atoms in total. The molecular weight excluding hydrogens is 202 g/mol. The molecule has 2 aromatic heterocycles. The van der Waals surface area contributed by atoms with Gasteiger partial charge >= 0.3 is 0 Å². The first-order chi connectivity index (χ1) is 7.81. The third-order valence-electron chi connectivity index (χ3n) is 2.05. The first-order valence-electron chi connectivity index (χ1n) is 4.68. The van der Waals surface area contributed by atoms with Gasteiger partial charge in [-0.2, -0.15) is 5.26 Å². The van der Waals surface area contributed by atoms with Crippen LogP contribution in [0.4, 0.5) is 5.95 Å². The van der Waals surface area contributed by atoms with Crippen LogP contribution in [0.25, 0.3) is 11.3 Å². The molecule has 0 amide bonds. The number of nitriles is 1. The van der Waals surface area contributed by atoms with Gasteiger partial charge in [0.25, 0.3) is 0 Å². The van der Waals surface area contributed by atoms with Crippen molar-refractivity contribution in [3.63, 3.8) is 0 Å². The van der Waals surface area contributed by atoms with Crippen LogP contribution in [0.2, 0.25) is 0 Å². The maximum absolute atomic E-state index is 8.66. The Labute approximate surface area is 93.0 Å². The summed E-state index contributed by atoms with van der Waals surface area (Å²) in [6.07, 6.45) is 6.95. The van der Waals surface area contributed by atoms with Crippen molar-refractivity contribution in [2.75, 3.05) is 11.9 Å². The summed E-state index contributed by atoms with van der Waals surface area (Å²) in [7, 11) is 1.61. The van der Waals surface area contributed by atoms with Gasteiger partial charge in [-0.05, 0) is 12.1 Å². The molecule has 0 bridgehead atoms. The summed E-state index contributed by atoms with van der Waals surface area (Å²) in [5, 5.41) is 8.66. The summed E-state index contributed by atoms with van der Waals surface area (Å²) < 4.78 is 0. The van der Waals surface area contributed by atoms with Gasteiger partial charge in [-0.15, -0.1) is 0 Å². The second-order valence-corrected chi connectivity index (χ2v) is 3.15. The predicted molar refractivity (Wildman–Crippen MR) is 59.3 cm³/mol. The number of anilines is 1. The molecule has 0 spiro atoms. The third-order valence-corrected chi connectivity index (χ3v) is 2.05. The molecule has 0 atom stereocenters. The van der Waals surface area contributed by atoms with Crippen LogP contribution in [0, 0.1) is 11.5 Å². The molecule has 0 aromatic carbocycles. The van der Waals surface area contributed by atoms with Crippen LogP contribution in [0.3, 0.4) is 0 Å². The molecule has 0 aliphatic heterocycles. The van der Waals surface area contributed by atoms with E-state index in [4.69, 9.17) is 5.26 Å². The number of hydrogen-bond donors (Lipinski definition) is 0. The summed E-state index contributed by atoms with van der Waals surface area (Å²) >= 11 is 0. The van der Waals surface area contributed by atoms with Crippen molar-refractivity contribution in [1.29, 1.82) is 5.26 Å². The highest BCUT2D eigenvalue weighted by Gasteiger charge is 2.04. The molecule has 78 valence electrons. The topological polar surface area (TPSA) is 65.7 Å². The van der Waals surface area contributed by atoms with Gasteiger partial charge in [0.15, 0.2) is 6.19 Å². The van der Waals surface area contributed by atoms with Crippen molar-refractivity contribution in [2.45, 2.75) is 0 Å². The molecule has 0 saturated carbocycles. The van der Waals surface area contributed by atoms with Crippen molar-refractivity contribution in [3.05, 3.63) is 36.8 Å². The van der Waals surface area contributed by atoms with Crippen molar-refractivity contribution in [1.82, 2.24) is 15.0 Å². The van der Waals surface area contributed by atoms with Gasteiger partial charge in [0, 0.05) is 31.2 Å². The molecular formula is C11H9N5. The third kappa shape index (κ3) is 1.96. The first kappa shape index (κ1) is 10.1. The quantitative estimate of drug-likeness (QED) is 0.555. The number of rotatable bonds is 2. The average molecular weight is 211 g/mol. The van der Waals surface area contributed by atoms with E-state index in [2.05, 4.69) is 15.0 Å². The average Bonchev–Trinajstić information content (AvgIpc) is 2.39. The Balaban J connectivity index is 2.31. The molecule has 0 aliphatic rings. The highest BCUT2D eigenvalue weighted by atomic mass is 15.2. The monoisotopic (exact) mass is 211 g/mol. The van der Waals surface area contributed by atoms with Crippen LogP contribution < -0.4 is 4.90 Å². The molecule has 0 N–H and O–H groups in total. The number of pyridine rings is 1. The summed E-state index contributed by atoms with van der Waals surface area (Å²) in [4.78, 5) is 13.6. The highest BCUT2D eigenvalue weighted by Crippen LogP contribution is 2.15. The Kier molecular flexibility index (Phi) is 2.74. The van der Waals surface area contributed by atoms with Crippen molar-refractivity contribution < 1.29 is 0 Å². The van der Waals surface area contributed by atoms with Gasteiger partial charge in [0.2, 0.25) is 5.95 Å². The van der Waals surface area contributed by atoms with E-state index in [0.717, 1.165) is 11.3 Å². The Bertz CT molecular complexity index is 500. The van der Waals surface area contributed by atoms with Crippen molar-refractivity contribution in [3.8, 4) is 17.5 Å². The van der Waals surface area contributed by atoms with Gasteiger partial charge in [-0.3, -0.25) is 9.88 Å². The minimum Gasteiger partial charge on any atom is -0.256 e. The van der Waals surface area contributed by atoms with E-state index in [1.54, 1.807) is 25.6 Å². The molecule has 5 heteroatoms. The molecule has 2 rings (SSSR count). The zero-order valence-corrected chi connectivity index (χ0v) is 8.70. The predicted octanol–water partition coefficient (Wildman–Crippen LogP) is 1.46. The number of aromatic nitrogens is 3. The van der Waals surface area contributed by atoms with E-state index >= 15 is 0 Å². The van der Waals surface area contributed by atoms with E-state index in [0.29, 0.717) is 5.95 Å². The smallest absolute Gasteiger partial charge is 0.238 e. The summed E-state index contributed by atoms with van der Waals surface area (Å²) in [5.74, 6) is 0.377. The Morgan fingerprint density at radius 2 is 1.94 bits per heavy atom. The van der Waals surface area contributed by atoms with Crippen molar-refractivity contribution in [2.24, 2.45) is 0 Å². The van der Waals surface area contributed by atoms with Crippen LogP contribution in [0.5, 0.6) is 0 Å². The maximum atomic E-state index is 8.66. The SMILES string of the molecule is CN(C#N)c1ncc(-c2ccccn2)cn1. The van der Waals surface area contributed by atoms with Gasteiger partial charge < -0.3 is 0 Å². The lowest BCUT2D eigenvalue weighted by atomic mass is 10.2. The Hall–Kier alpha value is -2.48. The normalized spacial score (nSPS) is 9.50. The van der Waals surface area contributed by atoms with E-state index in [1.165, 1.54) is 4.90 Å². The zero-order chi connectivity index (χ0) is 11.4. The lowest BCUT2D eigenvalue weighted by Gasteiger charge is -2.06. The van der Waals surface area contributed by atoms with Crippen LogP contribution in [0.1, 0.15) is 0 Å². The maximum Gasteiger partial charge on any atom is 0.238 e. The van der Waals surface area contributed by atoms with Gasteiger partial charge in [0.05, 0.1) is 5.69 Å². The Morgan fingerprint density at radius 1 is 1.19 bits per heavy atom. The van der Waals surface area contributed by atoms with E-state index in [-0.39, 0.29) is 0 Å². The van der Waals surface area contributed by atoms with Gasteiger partial charge in [-0.25, -0.2) is 9.97 Å². The zero-order valence-electron chi connectivity index (χ0n) is 8.70. The molecule has 0 saturated heterocycles. The second kappa shape index (κ2) is 4.36. The van der Waals surface area contributed by atoms with Crippen LogP contribution in [0.15, 0.2) is 36.8 Å². The first-order valence-corrected chi connectivity index (χ1v) is 4.68. The number of nitrogens with zero attached hydrogens (tertiary/aromatic N) is 5. The molecule has 0 aliphatic carbocycles. The summed E-state index contributed by atoms with van der Waals surface area (Å²) in [5.41, 5.74) is 1.64. The standard InChI is InChI=1S/C11H9N5/c1-16(8-12)11-14-6-9(7-15-11)10-4-2-3-5-13-10/h2-7H,1H3. The minimum absolute atomic E-state index is 0.377. The van der Waals surface area contributed by atoms with E-state index < -0.39 is 0 Å².